The molecule has 9 amide bonds. The molecule has 27 nitrogen and oxygen atoms in total. The van der Waals surface area contributed by atoms with E-state index in [1.165, 1.54) is 0 Å². The first kappa shape index (κ1) is 61.5. The van der Waals surface area contributed by atoms with E-state index in [-0.39, 0.29) is 88.0 Å². The Morgan fingerprint density at radius 2 is 1.07 bits per heavy atom. The predicted octanol–water partition coefficient (Wildman–Crippen LogP) is -4.19. The molecule has 0 bridgehead atoms. The van der Waals surface area contributed by atoms with Crippen molar-refractivity contribution >= 4 is 101 Å². The normalized spacial score (nSPS) is 13.6. The van der Waals surface area contributed by atoms with Crippen molar-refractivity contribution in [3.05, 3.63) is 71.9 Å². The van der Waals surface area contributed by atoms with Crippen molar-refractivity contribution in [1.29, 1.82) is 0 Å². The van der Waals surface area contributed by atoms with Crippen LogP contribution in [0.1, 0.15) is 49.7 Å². The number of guanidine groups is 2. The molecule has 410 valence electrons. The van der Waals surface area contributed by atoms with Crippen LogP contribution in [0.15, 0.2) is 70.8 Å². The van der Waals surface area contributed by atoms with Crippen molar-refractivity contribution in [2.24, 2.45) is 44.4 Å². The maximum atomic E-state index is 14.5. The van der Waals surface area contributed by atoms with Crippen LogP contribution in [0.3, 0.4) is 0 Å². The van der Waals surface area contributed by atoms with E-state index in [0.29, 0.717) is 17.5 Å². The number of carboxylic acids is 1. The van der Waals surface area contributed by atoms with Gasteiger partial charge in [-0.25, -0.2) is 9.59 Å². The Hall–Kier alpha value is -7.79. The van der Waals surface area contributed by atoms with Gasteiger partial charge in [-0.3, -0.25) is 43.5 Å². The number of amides is 9. The van der Waals surface area contributed by atoms with Crippen LogP contribution in [0.2, 0.25) is 0 Å². The number of benzene rings is 2. The van der Waals surface area contributed by atoms with Crippen LogP contribution < -0.4 is 76.9 Å². The molecule has 2 aromatic carbocycles. The Morgan fingerprint density at radius 1 is 0.560 bits per heavy atom. The molecular weight excluding hydrogens is 1010 g/mol. The van der Waals surface area contributed by atoms with E-state index < -0.39 is 102 Å². The predicted molar refractivity (Wildman–Crippen MR) is 287 cm³/mol. The van der Waals surface area contributed by atoms with E-state index in [4.69, 9.17) is 34.4 Å². The molecule has 0 saturated heterocycles. The van der Waals surface area contributed by atoms with Gasteiger partial charge in [0.15, 0.2) is 11.9 Å². The summed E-state index contributed by atoms with van der Waals surface area (Å²) in [4.78, 5) is 130. The molecule has 0 saturated carbocycles. The molecule has 0 aliphatic rings. The lowest BCUT2D eigenvalue weighted by Crippen LogP contribution is -2.60. The summed E-state index contributed by atoms with van der Waals surface area (Å²) in [6.45, 7) is -0.433. The second-order valence-corrected chi connectivity index (χ2v) is 17.8. The van der Waals surface area contributed by atoms with Crippen molar-refractivity contribution in [1.82, 2.24) is 47.5 Å². The molecule has 22 N–H and O–H groups in total. The number of thiol groups is 2. The number of nitrogens with one attached hydrogen (secondary N) is 9. The highest BCUT2D eigenvalue weighted by molar-refractivity contribution is 7.80. The van der Waals surface area contributed by atoms with E-state index in [2.05, 4.69) is 82.8 Å². The van der Waals surface area contributed by atoms with Crippen LogP contribution in [0.25, 0.3) is 10.9 Å². The van der Waals surface area contributed by atoms with Crippen molar-refractivity contribution in [3.8, 4) is 0 Å². The highest BCUT2D eigenvalue weighted by atomic mass is 32.1. The van der Waals surface area contributed by atoms with Gasteiger partial charge in [-0.1, -0.05) is 48.5 Å². The van der Waals surface area contributed by atoms with E-state index in [1.807, 2.05) is 6.07 Å². The van der Waals surface area contributed by atoms with E-state index >= 15 is 0 Å². The van der Waals surface area contributed by atoms with Gasteiger partial charge in [-0.15, -0.1) is 0 Å². The number of aliphatic imine (C=N–C) groups is 2. The maximum Gasteiger partial charge on any atom is 0.327 e. The van der Waals surface area contributed by atoms with Gasteiger partial charge in [0, 0.05) is 61.1 Å². The average molecular weight is 1080 g/mol. The minimum atomic E-state index is -1.43. The number of urea groups is 1. The number of nitrogens with zero attached hydrogens (tertiary/aromatic N) is 2. The number of para-hydroxylation sites is 1. The summed E-state index contributed by atoms with van der Waals surface area (Å²) < 4.78 is 0. The first-order valence-electron chi connectivity index (χ1n) is 23.7. The van der Waals surface area contributed by atoms with Crippen molar-refractivity contribution in [2.45, 2.75) is 93.7 Å². The SMILES string of the molecule is NC(=O)NCCC[C@H](NC(=O)CNC(=O)[C@H](CS)NC(=O)[C@@H](N)CCCN=C(N)N)C(=O)N[C@H](Cc1ccccc1)C(=O)N[C@@H](CCCN=C(N)N)C(=O)N[C@@H](Cc1c[nH]c2ccccc12)C(=O)N[C@@H](CS)C(=O)O. The minimum Gasteiger partial charge on any atom is -0.480 e. The van der Waals surface area contributed by atoms with Crippen LogP contribution in [-0.4, -0.2) is 155 Å². The van der Waals surface area contributed by atoms with Gasteiger partial charge in [-0.05, 0) is 55.7 Å². The molecule has 1 aromatic heterocycles. The fraction of sp³-hybridized carbons (Fsp3) is 0.457. The van der Waals surface area contributed by atoms with E-state index in [0.717, 1.165) is 10.9 Å². The van der Waals surface area contributed by atoms with Crippen LogP contribution in [0.4, 0.5) is 4.79 Å². The van der Waals surface area contributed by atoms with Crippen LogP contribution in [0.5, 0.6) is 0 Å². The average Bonchev–Trinajstić information content (AvgIpc) is 3.78. The third kappa shape index (κ3) is 22.5. The minimum absolute atomic E-state index is 0.0129. The lowest BCUT2D eigenvalue weighted by atomic mass is 10.0. The van der Waals surface area contributed by atoms with Gasteiger partial charge >= 0.3 is 12.0 Å². The molecule has 0 unspecified atom stereocenters. The smallest absolute Gasteiger partial charge is 0.327 e. The van der Waals surface area contributed by atoms with Gasteiger partial charge in [0.1, 0.15) is 36.3 Å². The fourth-order valence-electron chi connectivity index (χ4n) is 7.28. The number of aromatic amines is 1. The molecule has 3 rings (SSSR count). The summed E-state index contributed by atoms with van der Waals surface area (Å²) in [5, 5.41) is 30.7. The van der Waals surface area contributed by atoms with Crippen molar-refractivity contribution in [2.75, 3.05) is 37.7 Å². The number of hydrogen-bond acceptors (Lipinski definition) is 14. The Kier molecular flexibility index (Phi) is 26.6. The van der Waals surface area contributed by atoms with Gasteiger partial charge in [-0.2, -0.15) is 25.3 Å². The van der Waals surface area contributed by atoms with Gasteiger partial charge in [0.2, 0.25) is 41.4 Å². The number of fused-ring (bicyclic) bond motifs is 1. The number of nitrogens with two attached hydrogens (primary N) is 6. The summed E-state index contributed by atoms with van der Waals surface area (Å²) in [5.74, 6) is -7.92. The van der Waals surface area contributed by atoms with Crippen molar-refractivity contribution < 1.29 is 48.3 Å². The topological polar surface area (TPSA) is 467 Å². The molecule has 0 fully saturated rings. The first-order valence-corrected chi connectivity index (χ1v) is 25.0. The van der Waals surface area contributed by atoms with E-state index in [1.54, 1.807) is 54.7 Å². The Balaban J connectivity index is 1.89. The van der Waals surface area contributed by atoms with Gasteiger partial charge < -0.3 is 87.0 Å². The molecule has 0 spiro atoms. The number of carbonyl (C=O) groups is 9. The summed E-state index contributed by atoms with van der Waals surface area (Å²) in [6, 6.07) is 5.62. The number of aromatic nitrogens is 1. The third-order valence-electron chi connectivity index (χ3n) is 11.2. The molecule has 0 aliphatic heterocycles. The monoisotopic (exact) mass is 1080 g/mol. The second kappa shape index (κ2) is 32.4. The quantitative estimate of drug-likeness (QED) is 0.0119. The van der Waals surface area contributed by atoms with Crippen LogP contribution in [-0.2, 0) is 51.2 Å². The number of primary amides is 1. The lowest BCUT2D eigenvalue weighted by molar-refractivity contribution is -0.141. The van der Waals surface area contributed by atoms with Gasteiger partial charge in [0.05, 0.1) is 12.6 Å². The molecule has 75 heavy (non-hydrogen) atoms. The summed E-state index contributed by atoms with van der Waals surface area (Å²) in [6.07, 6.45) is 1.98. The molecule has 0 aliphatic carbocycles. The zero-order valence-electron chi connectivity index (χ0n) is 41.1. The number of hydrogen-bond donors (Lipinski definition) is 18. The standard InChI is InChI=1S/C46H69N17O10S2/c47-28(12-6-16-53-44(48)49)37(65)62-34(23-74)38(66)57-22-36(64)58-30(14-8-18-55-46(52)73)39(67)60-32(19-25-9-2-1-3-10-25)41(69)59-31(15-7-17-54-45(50)51)40(68)61-33(42(70)63-35(24-75)43(71)72)20-26-21-56-29-13-5-4-11-27(26)29/h1-5,9-11,13,21,28,30-35,56,74-75H,6-8,12,14-20,22-24,47H2,(H,57,66)(H,58,64)(H,59,69)(H,60,67)(H,61,68)(H,62,65)(H,63,70)(H,71,72)(H4,48,49,53)(H4,50,51,54)(H3,52,55,73)/t28-,30-,31-,32+,33-,34-,35-/m0/s1. The largest absolute Gasteiger partial charge is 0.480 e. The lowest BCUT2D eigenvalue weighted by Gasteiger charge is -2.27. The molecule has 0 radical (unpaired) electrons. The van der Waals surface area contributed by atoms with E-state index in [9.17, 15) is 48.3 Å². The first-order chi connectivity index (χ1) is 35.7. The fourth-order valence-corrected chi connectivity index (χ4v) is 7.79. The number of carbonyl (C=O) groups excluding carboxylic acids is 8. The molecule has 1 heterocycles. The summed E-state index contributed by atoms with van der Waals surface area (Å²) in [5.41, 5.74) is 34.8. The van der Waals surface area contributed by atoms with Crippen molar-refractivity contribution in [3.63, 3.8) is 0 Å². The Bertz CT molecular complexity index is 2470. The number of H-pyrrole nitrogens is 1. The Labute approximate surface area is 443 Å². The van der Waals surface area contributed by atoms with Crippen LogP contribution >= 0.6 is 25.3 Å². The Morgan fingerprint density at radius 3 is 1.65 bits per heavy atom. The molecule has 7 atom stereocenters. The molecule has 29 heteroatoms. The molecule has 3 aromatic rings. The summed E-state index contributed by atoms with van der Waals surface area (Å²) in [7, 11) is 0. The number of aliphatic carboxylic acids is 1. The maximum absolute atomic E-state index is 14.5. The highest BCUT2D eigenvalue weighted by Gasteiger charge is 2.33. The van der Waals surface area contributed by atoms with Crippen LogP contribution in [0, 0.1) is 0 Å². The number of carboxylic acid groups (broad SMARTS) is 1. The highest BCUT2D eigenvalue weighted by Crippen LogP contribution is 2.20. The zero-order valence-corrected chi connectivity index (χ0v) is 42.9. The zero-order chi connectivity index (χ0) is 55.5. The summed E-state index contributed by atoms with van der Waals surface area (Å²) >= 11 is 8.20. The third-order valence-corrected chi connectivity index (χ3v) is 11.9. The molecular formula is C46H69N17O10S2. The number of rotatable bonds is 33. The van der Waals surface area contributed by atoms with Gasteiger partial charge in [0.25, 0.3) is 0 Å². The second-order valence-electron chi connectivity index (χ2n) is 17.0.